The van der Waals surface area contributed by atoms with Gasteiger partial charge in [0.1, 0.15) is 10.0 Å². The fraction of sp³-hybridized carbons (Fsp3) is 0.800. The van der Waals surface area contributed by atoms with Gasteiger partial charge in [-0.3, -0.25) is 0 Å². The van der Waals surface area contributed by atoms with E-state index in [1.54, 1.807) is 11.3 Å². The summed E-state index contributed by atoms with van der Waals surface area (Å²) in [5, 5.41) is 13.6. The molecule has 0 amide bonds. The predicted octanol–water partition coefficient (Wildman–Crippen LogP) is 1.36. The van der Waals surface area contributed by atoms with Crippen molar-refractivity contribution in [2.45, 2.75) is 26.3 Å². The Labute approximate surface area is 94.1 Å². The van der Waals surface area contributed by atoms with Crippen molar-refractivity contribution in [2.24, 2.45) is 5.92 Å². The molecule has 4 nitrogen and oxygen atoms in total. The van der Waals surface area contributed by atoms with E-state index in [2.05, 4.69) is 15.5 Å². The van der Waals surface area contributed by atoms with Crippen molar-refractivity contribution in [1.29, 1.82) is 0 Å². The van der Waals surface area contributed by atoms with Gasteiger partial charge < -0.3 is 10.1 Å². The lowest BCUT2D eigenvalue weighted by atomic mass is 10.0. The summed E-state index contributed by atoms with van der Waals surface area (Å²) in [5.74, 6) is 0.771. The summed E-state index contributed by atoms with van der Waals surface area (Å²) in [7, 11) is 0. The molecule has 1 saturated heterocycles. The number of rotatable bonds is 4. The quantitative estimate of drug-likeness (QED) is 0.843. The highest BCUT2D eigenvalue weighted by atomic mass is 32.1. The number of aryl methyl sites for hydroxylation is 1. The first-order valence-corrected chi connectivity index (χ1v) is 6.23. The number of nitrogens with zero attached hydrogens (tertiary/aromatic N) is 2. The van der Waals surface area contributed by atoms with E-state index >= 15 is 0 Å². The van der Waals surface area contributed by atoms with Crippen molar-refractivity contribution in [3.05, 3.63) is 10.0 Å². The van der Waals surface area contributed by atoms with Crippen LogP contribution in [0.1, 0.15) is 22.9 Å². The molecule has 0 unspecified atom stereocenters. The van der Waals surface area contributed by atoms with Crippen molar-refractivity contribution in [3.8, 4) is 0 Å². The Morgan fingerprint density at radius 2 is 2.20 bits per heavy atom. The van der Waals surface area contributed by atoms with Crippen LogP contribution in [-0.2, 0) is 11.3 Å². The van der Waals surface area contributed by atoms with Crippen LogP contribution in [0.5, 0.6) is 0 Å². The fourth-order valence-electron chi connectivity index (χ4n) is 1.74. The van der Waals surface area contributed by atoms with Gasteiger partial charge >= 0.3 is 0 Å². The van der Waals surface area contributed by atoms with Gasteiger partial charge in [-0.15, -0.1) is 21.5 Å². The zero-order valence-corrected chi connectivity index (χ0v) is 9.85. The van der Waals surface area contributed by atoms with E-state index in [1.165, 1.54) is 12.8 Å². The highest BCUT2D eigenvalue weighted by Crippen LogP contribution is 2.14. The molecule has 0 atom stereocenters. The van der Waals surface area contributed by atoms with Gasteiger partial charge in [0.05, 0.1) is 0 Å². The van der Waals surface area contributed by atoms with Crippen LogP contribution in [0.25, 0.3) is 0 Å². The summed E-state index contributed by atoms with van der Waals surface area (Å²) in [6, 6.07) is 0. The van der Waals surface area contributed by atoms with Gasteiger partial charge in [0.2, 0.25) is 0 Å². The van der Waals surface area contributed by atoms with Crippen LogP contribution in [0.4, 0.5) is 0 Å². The van der Waals surface area contributed by atoms with E-state index < -0.39 is 0 Å². The molecule has 1 fully saturated rings. The minimum Gasteiger partial charge on any atom is -0.381 e. The highest BCUT2D eigenvalue weighted by molar-refractivity contribution is 7.11. The monoisotopic (exact) mass is 227 g/mol. The molecule has 0 aliphatic carbocycles. The molecular weight excluding hydrogens is 210 g/mol. The van der Waals surface area contributed by atoms with E-state index in [-0.39, 0.29) is 0 Å². The van der Waals surface area contributed by atoms with Crippen LogP contribution in [-0.4, -0.2) is 30.0 Å². The lowest BCUT2D eigenvalue weighted by Gasteiger charge is -2.21. The molecule has 1 aromatic heterocycles. The van der Waals surface area contributed by atoms with E-state index in [0.717, 1.165) is 42.2 Å². The lowest BCUT2D eigenvalue weighted by molar-refractivity contribution is 0.0662. The zero-order valence-electron chi connectivity index (χ0n) is 9.03. The molecule has 84 valence electrons. The highest BCUT2D eigenvalue weighted by Gasteiger charge is 2.13. The predicted molar refractivity (Wildman–Crippen MR) is 59.9 cm³/mol. The van der Waals surface area contributed by atoms with Crippen LogP contribution < -0.4 is 5.32 Å². The van der Waals surface area contributed by atoms with E-state index in [9.17, 15) is 0 Å². The molecule has 0 radical (unpaired) electrons. The Bertz CT molecular complexity index is 297. The molecule has 1 aliphatic heterocycles. The third kappa shape index (κ3) is 3.52. The Morgan fingerprint density at radius 1 is 1.40 bits per heavy atom. The largest absolute Gasteiger partial charge is 0.381 e. The van der Waals surface area contributed by atoms with Gasteiger partial charge in [0.25, 0.3) is 0 Å². The van der Waals surface area contributed by atoms with Gasteiger partial charge in [-0.2, -0.15) is 0 Å². The molecular formula is C10H17N3OS. The number of ether oxygens (including phenoxy) is 1. The average molecular weight is 227 g/mol. The average Bonchev–Trinajstić information content (AvgIpc) is 2.66. The molecule has 0 saturated carbocycles. The second-order valence-corrected chi connectivity index (χ2v) is 5.17. The van der Waals surface area contributed by atoms with Gasteiger partial charge in [-0.05, 0) is 32.2 Å². The number of hydrogen-bond donors (Lipinski definition) is 1. The molecule has 1 N–H and O–H groups in total. The fourth-order valence-corrected chi connectivity index (χ4v) is 2.42. The molecule has 0 spiro atoms. The minimum atomic E-state index is 0.771. The smallest absolute Gasteiger partial charge is 0.131 e. The van der Waals surface area contributed by atoms with Crippen molar-refractivity contribution in [2.75, 3.05) is 19.8 Å². The van der Waals surface area contributed by atoms with Crippen molar-refractivity contribution in [3.63, 3.8) is 0 Å². The molecule has 1 aromatic rings. The molecule has 0 aromatic carbocycles. The Kier molecular flexibility index (Phi) is 4.05. The maximum atomic E-state index is 5.32. The lowest BCUT2D eigenvalue weighted by Crippen LogP contribution is -2.27. The van der Waals surface area contributed by atoms with E-state index in [0.29, 0.717) is 0 Å². The van der Waals surface area contributed by atoms with Crippen LogP contribution >= 0.6 is 11.3 Å². The van der Waals surface area contributed by atoms with Crippen molar-refractivity contribution in [1.82, 2.24) is 15.5 Å². The SMILES string of the molecule is Cc1nnc(CNCC2CCOCC2)s1. The minimum absolute atomic E-state index is 0.771. The first kappa shape index (κ1) is 11.0. The first-order chi connectivity index (χ1) is 7.34. The van der Waals surface area contributed by atoms with Crippen LogP contribution in [0.15, 0.2) is 0 Å². The third-order valence-electron chi connectivity index (χ3n) is 2.62. The normalized spacial score (nSPS) is 18.2. The maximum absolute atomic E-state index is 5.32. The van der Waals surface area contributed by atoms with Crippen LogP contribution in [0.3, 0.4) is 0 Å². The van der Waals surface area contributed by atoms with Crippen LogP contribution in [0, 0.1) is 12.8 Å². The Morgan fingerprint density at radius 3 is 2.87 bits per heavy atom. The first-order valence-electron chi connectivity index (χ1n) is 5.42. The molecule has 5 heteroatoms. The maximum Gasteiger partial charge on any atom is 0.131 e. The topological polar surface area (TPSA) is 47.0 Å². The van der Waals surface area contributed by atoms with E-state index in [4.69, 9.17) is 4.74 Å². The van der Waals surface area contributed by atoms with Crippen molar-refractivity contribution >= 4 is 11.3 Å². The summed E-state index contributed by atoms with van der Waals surface area (Å²) >= 11 is 1.66. The third-order valence-corrected chi connectivity index (χ3v) is 3.46. The number of nitrogens with one attached hydrogen (secondary N) is 1. The zero-order chi connectivity index (χ0) is 10.5. The van der Waals surface area contributed by atoms with Crippen molar-refractivity contribution < 1.29 is 4.74 Å². The Hall–Kier alpha value is -0.520. The number of aromatic nitrogens is 2. The summed E-state index contributed by atoms with van der Waals surface area (Å²) in [4.78, 5) is 0. The second-order valence-electron chi connectivity index (χ2n) is 3.90. The molecule has 1 aliphatic rings. The molecule has 15 heavy (non-hydrogen) atoms. The molecule has 2 heterocycles. The number of hydrogen-bond acceptors (Lipinski definition) is 5. The van der Waals surface area contributed by atoms with Gasteiger partial charge in [-0.25, -0.2) is 0 Å². The summed E-state index contributed by atoms with van der Waals surface area (Å²) < 4.78 is 5.32. The van der Waals surface area contributed by atoms with Gasteiger partial charge in [0.15, 0.2) is 0 Å². The summed E-state index contributed by atoms with van der Waals surface area (Å²) in [6.45, 7) is 5.75. The molecule has 0 bridgehead atoms. The Balaban J connectivity index is 1.65. The standard InChI is InChI=1S/C10H17N3OS/c1-8-12-13-10(15-8)7-11-6-9-2-4-14-5-3-9/h9,11H,2-7H2,1H3. The van der Waals surface area contributed by atoms with E-state index in [1.807, 2.05) is 6.92 Å². The second kappa shape index (κ2) is 5.53. The van der Waals surface area contributed by atoms with Gasteiger partial charge in [0, 0.05) is 19.8 Å². The van der Waals surface area contributed by atoms with Gasteiger partial charge in [-0.1, -0.05) is 0 Å². The summed E-state index contributed by atoms with van der Waals surface area (Å²) in [5.41, 5.74) is 0. The summed E-state index contributed by atoms with van der Waals surface area (Å²) in [6.07, 6.45) is 2.37. The van der Waals surface area contributed by atoms with Crippen LogP contribution in [0.2, 0.25) is 0 Å². The molecule has 2 rings (SSSR count).